The molecule has 0 bridgehead atoms. The number of hydrogen-bond donors (Lipinski definition) is 2. The van der Waals surface area contributed by atoms with Crippen LogP contribution in [-0.2, 0) is 0 Å². The SMILES string of the molecule is Cc1c([C@H](N)CC(C)C)[nH]oc1=O. The molecule has 74 valence electrons. The summed E-state index contributed by atoms with van der Waals surface area (Å²) in [7, 11) is 0. The lowest BCUT2D eigenvalue weighted by Gasteiger charge is -2.11. The van der Waals surface area contributed by atoms with Crippen LogP contribution < -0.4 is 11.4 Å². The molecule has 0 fully saturated rings. The Kier molecular flexibility index (Phi) is 2.93. The number of aromatic amines is 1. The summed E-state index contributed by atoms with van der Waals surface area (Å²) in [4.78, 5) is 11.0. The standard InChI is InChI=1S/C9H16N2O2/c1-5(2)4-7(10)8-6(3)9(12)13-11-8/h5,7,11H,4,10H2,1-3H3/t7-/m1/s1. The first-order valence-corrected chi connectivity index (χ1v) is 4.46. The lowest BCUT2D eigenvalue weighted by Crippen LogP contribution is -2.15. The highest BCUT2D eigenvalue weighted by Gasteiger charge is 2.15. The third kappa shape index (κ3) is 2.21. The van der Waals surface area contributed by atoms with Gasteiger partial charge in [0.1, 0.15) is 0 Å². The Morgan fingerprint density at radius 1 is 1.54 bits per heavy atom. The van der Waals surface area contributed by atoms with E-state index >= 15 is 0 Å². The normalized spacial score (nSPS) is 13.6. The molecule has 1 aromatic heterocycles. The van der Waals surface area contributed by atoms with Crippen LogP contribution in [0.25, 0.3) is 0 Å². The summed E-state index contributed by atoms with van der Waals surface area (Å²) in [6.45, 7) is 5.90. The van der Waals surface area contributed by atoms with Crippen molar-refractivity contribution < 1.29 is 4.52 Å². The third-order valence-corrected chi connectivity index (χ3v) is 2.06. The van der Waals surface area contributed by atoms with Crippen molar-refractivity contribution in [3.05, 3.63) is 21.7 Å². The topological polar surface area (TPSA) is 72.0 Å². The van der Waals surface area contributed by atoms with Crippen LogP contribution in [0.4, 0.5) is 0 Å². The summed E-state index contributed by atoms with van der Waals surface area (Å²) < 4.78 is 4.64. The highest BCUT2D eigenvalue weighted by atomic mass is 16.5. The molecule has 0 aromatic carbocycles. The van der Waals surface area contributed by atoms with Gasteiger partial charge in [-0.15, -0.1) is 0 Å². The number of rotatable bonds is 3. The lowest BCUT2D eigenvalue weighted by molar-refractivity contribution is 0.373. The van der Waals surface area contributed by atoms with Crippen molar-refractivity contribution in [2.45, 2.75) is 33.2 Å². The van der Waals surface area contributed by atoms with E-state index in [1.165, 1.54) is 0 Å². The summed E-state index contributed by atoms with van der Waals surface area (Å²) >= 11 is 0. The molecule has 0 unspecified atom stereocenters. The zero-order valence-corrected chi connectivity index (χ0v) is 8.26. The molecule has 0 aliphatic rings. The van der Waals surface area contributed by atoms with E-state index in [2.05, 4.69) is 23.5 Å². The Labute approximate surface area is 77.1 Å². The molecule has 3 N–H and O–H groups in total. The van der Waals surface area contributed by atoms with E-state index in [1.54, 1.807) is 6.92 Å². The fourth-order valence-electron chi connectivity index (χ4n) is 1.34. The van der Waals surface area contributed by atoms with Crippen molar-refractivity contribution in [3.63, 3.8) is 0 Å². The fraction of sp³-hybridized carbons (Fsp3) is 0.667. The first kappa shape index (κ1) is 10.1. The molecule has 13 heavy (non-hydrogen) atoms. The van der Waals surface area contributed by atoms with Gasteiger partial charge in [-0.2, -0.15) is 0 Å². The Morgan fingerprint density at radius 2 is 2.15 bits per heavy atom. The van der Waals surface area contributed by atoms with Crippen molar-refractivity contribution in [1.29, 1.82) is 0 Å². The van der Waals surface area contributed by atoms with Gasteiger partial charge in [-0.1, -0.05) is 13.8 Å². The van der Waals surface area contributed by atoms with Crippen LogP contribution in [0.3, 0.4) is 0 Å². The molecule has 4 nitrogen and oxygen atoms in total. The van der Waals surface area contributed by atoms with E-state index in [9.17, 15) is 4.79 Å². The highest BCUT2D eigenvalue weighted by molar-refractivity contribution is 5.16. The minimum absolute atomic E-state index is 0.133. The largest absolute Gasteiger partial charge is 0.360 e. The van der Waals surface area contributed by atoms with Gasteiger partial charge in [-0.3, -0.25) is 0 Å². The van der Waals surface area contributed by atoms with Crippen molar-refractivity contribution in [2.75, 3.05) is 0 Å². The van der Waals surface area contributed by atoms with Crippen molar-refractivity contribution in [1.82, 2.24) is 5.16 Å². The van der Waals surface area contributed by atoms with E-state index in [-0.39, 0.29) is 11.7 Å². The van der Waals surface area contributed by atoms with Gasteiger partial charge in [0, 0.05) is 6.04 Å². The van der Waals surface area contributed by atoms with Crippen LogP contribution in [-0.4, -0.2) is 5.16 Å². The average Bonchev–Trinajstić information content (AvgIpc) is 2.31. The second kappa shape index (κ2) is 3.79. The van der Waals surface area contributed by atoms with E-state index in [0.29, 0.717) is 11.5 Å². The van der Waals surface area contributed by atoms with Crippen LogP contribution >= 0.6 is 0 Å². The maximum atomic E-state index is 11.0. The molecule has 0 amide bonds. The molecule has 0 aliphatic carbocycles. The van der Waals surface area contributed by atoms with Gasteiger partial charge in [0.05, 0.1) is 11.3 Å². The van der Waals surface area contributed by atoms with Crippen LogP contribution in [0, 0.1) is 12.8 Å². The number of H-pyrrole nitrogens is 1. The Hall–Kier alpha value is -1.03. The van der Waals surface area contributed by atoms with Gasteiger partial charge < -0.3 is 10.3 Å². The Bertz CT molecular complexity index is 325. The lowest BCUT2D eigenvalue weighted by atomic mass is 10.0. The molecular formula is C9H16N2O2. The predicted octanol–water partition coefficient (Wildman–Crippen LogP) is 1.32. The number of hydrogen-bond acceptors (Lipinski definition) is 3. The smallest absolute Gasteiger partial charge is 0.339 e. The Balaban J connectivity index is 2.83. The molecule has 1 heterocycles. The molecule has 0 saturated carbocycles. The second-order valence-electron chi connectivity index (χ2n) is 3.77. The van der Waals surface area contributed by atoms with Gasteiger partial charge in [-0.05, 0) is 19.3 Å². The van der Waals surface area contributed by atoms with E-state index < -0.39 is 0 Å². The molecule has 1 atom stereocenters. The zero-order chi connectivity index (χ0) is 10.0. The van der Waals surface area contributed by atoms with Gasteiger partial charge in [-0.25, -0.2) is 9.95 Å². The van der Waals surface area contributed by atoms with Gasteiger partial charge >= 0.3 is 5.63 Å². The second-order valence-corrected chi connectivity index (χ2v) is 3.77. The zero-order valence-electron chi connectivity index (χ0n) is 8.26. The van der Waals surface area contributed by atoms with Crippen LogP contribution in [0.2, 0.25) is 0 Å². The molecule has 1 rings (SSSR count). The summed E-state index contributed by atoms with van der Waals surface area (Å²) in [5.74, 6) is 0.507. The molecule has 0 aliphatic heterocycles. The van der Waals surface area contributed by atoms with Crippen molar-refractivity contribution in [3.8, 4) is 0 Å². The van der Waals surface area contributed by atoms with Crippen LogP contribution in [0.5, 0.6) is 0 Å². The molecule has 4 heteroatoms. The monoisotopic (exact) mass is 184 g/mol. The number of nitrogens with two attached hydrogens (primary N) is 1. The fourth-order valence-corrected chi connectivity index (χ4v) is 1.34. The molecule has 0 radical (unpaired) electrons. The number of nitrogens with one attached hydrogen (secondary N) is 1. The molecule has 1 aromatic rings. The van der Waals surface area contributed by atoms with Crippen LogP contribution in [0.1, 0.15) is 37.6 Å². The molecule has 0 saturated heterocycles. The van der Waals surface area contributed by atoms with Crippen molar-refractivity contribution in [2.24, 2.45) is 11.7 Å². The van der Waals surface area contributed by atoms with Gasteiger partial charge in [0.2, 0.25) is 0 Å². The first-order chi connectivity index (χ1) is 6.02. The summed E-state index contributed by atoms with van der Waals surface area (Å²) in [5.41, 5.74) is 6.87. The maximum absolute atomic E-state index is 11.0. The molecule has 0 spiro atoms. The predicted molar refractivity (Wildman–Crippen MR) is 50.4 cm³/mol. The van der Waals surface area contributed by atoms with Crippen LogP contribution in [0.15, 0.2) is 9.32 Å². The van der Waals surface area contributed by atoms with E-state index in [1.807, 2.05) is 0 Å². The van der Waals surface area contributed by atoms with Gasteiger partial charge in [0.25, 0.3) is 0 Å². The van der Waals surface area contributed by atoms with Crippen molar-refractivity contribution >= 4 is 0 Å². The minimum Gasteiger partial charge on any atom is -0.339 e. The Morgan fingerprint density at radius 3 is 2.54 bits per heavy atom. The minimum atomic E-state index is -0.325. The average molecular weight is 184 g/mol. The number of aromatic nitrogens is 1. The van der Waals surface area contributed by atoms with Gasteiger partial charge in [0.15, 0.2) is 0 Å². The summed E-state index contributed by atoms with van der Waals surface area (Å²) in [6, 6.07) is -0.133. The van der Waals surface area contributed by atoms with E-state index in [4.69, 9.17) is 5.73 Å². The maximum Gasteiger partial charge on any atom is 0.360 e. The summed E-state index contributed by atoms with van der Waals surface area (Å²) in [6.07, 6.45) is 0.844. The quantitative estimate of drug-likeness (QED) is 0.744. The summed E-state index contributed by atoms with van der Waals surface area (Å²) in [5, 5.41) is 2.57. The molecular weight excluding hydrogens is 168 g/mol. The first-order valence-electron chi connectivity index (χ1n) is 4.46. The third-order valence-electron chi connectivity index (χ3n) is 2.06. The highest BCUT2D eigenvalue weighted by Crippen LogP contribution is 2.17. The van der Waals surface area contributed by atoms with E-state index in [0.717, 1.165) is 12.1 Å².